The van der Waals surface area contributed by atoms with Crippen LogP contribution in [0.2, 0.25) is 0 Å². The highest BCUT2D eigenvalue weighted by atomic mass is 16.5. The summed E-state index contributed by atoms with van der Waals surface area (Å²) in [6.07, 6.45) is 8.22. The van der Waals surface area contributed by atoms with Gasteiger partial charge in [0.25, 0.3) is 0 Å². The number of aromatic nitrogens is 4. The second-order valence-corrected chi connectivity index (χ2v) is 7.70. The molecule has 146 valence electrons. The van der Waals surface area contributed by atoms with Gasteiger partial charge in [0.15, 0.2) is 11.5 Å². The van der Waals surface area contributed by atoms with Gasteiger partial charge in [-0.15, -0.1) is 0 Å². The van der Waals surface area contributed by atoms with E-state index in [1.807, 2.05) is 23.0 Å². The Balaban J connectivity index is 1.32. The van der Waals surface area contributed by atoms with Gasteiger partial charge in [-0.3, -0.25) is 9.88 Å². The highest BCUT2D eigenvalue weighted by Crippen LogP contribution is 2.26. The zero-order valence-corrected chi connectivity index (χ0v) is 16.1. The predicted octanol–water partition coefficient (Wildman–Crippen LogP) is 2.34. The van der Waals surface area contributed by atoms with Crippen molar-refractivity contribution < 1.29 is 4.74 Å². The predicted molar refractivity (Wildman–Crippen MR) is 108 cm³/mol. The largest absolute Gasteiger partial charge is 0.378 e. The van der Waals surface area contributed by atoms with Gasteiger partial charge < -0.3 is 9.64 Å². The number of fused-ring (bicyclic) bond motifs is 1. The summed E-state index contributed by atoms with van der Waals surface area (Å²) < 4.78 is 7.40. The van der Waals surface area contributed by atoms with E-state index >= 15 is 0 Å². The molecule has 0 spiro atoms. The topological polar surface area (TPSA) is 58.8 Å². The number of piperidine rings is 1. The van der Waals surface area contributed by atoms with Gasteiger partial charge in [-0.1, -0.05) is 6.07 Å². The summed E-state index contributed by atoms with van der Waals surface area (Å²) in [5, 5.41) is 4.84. The maximum atomic E-state index is 5.46. The average Bonchev–Trinajstić information content (AvgIpc) is 3.19. The molecule has 0 aliphatic carbocycles. The van der Waals surface area contributed by atoms with Crippen molar-refractivity contribution in [3.63, 3.8) is 0 Å². The molecule has 0 aromatic carbocycles. The fourth-order valence-electron chi connectivity index (χ4n) is 4.23. The molecule has 2 fully saturated rings. The molecule has 0 unspecified atom stereocenters. The van der Waals surface area contributed by atoms with E-state index in [4.69, 9.17) is 14.8 Å². The molecule has 2 aliphatic heterocycles. The summed E-state index contributed by atoms with van der Waals surface area (Å²) in [6, 6.07) is 8.38. The molecule has 1 atom stereocenters. The lowest BCUT2D eigenvalue weighted by Crippen LogP contribution is -2.36. The zero-order chi connectivity index (χ0) is 18.8. The second kappa shape index (κ2) is 7.85. The van der Waals surface area contributed by atoms with Gasteiger partial charge in [0, 0.05) is 44.5 Å². The monoisotopic (exact) mass is 378 g/mol. The van der Waals surface area contributed by atoms with Crippen LogP contribution < -0.4 is 4.90 Å². The number of pyridine rings is 2. The van der Waals surface area contributed by atoms with Crippen molar-refractivity contribution in [1.82, 2.24) is 24.5 Å². The van der Waals surface area contributed by atoms with E-state index in [0.29, 0.717) is 5.92 Å². The first-order chi connectivity index (χ1) is 13.8. The standard InChI is InChI=1S/C21H26N6O/c1-3-17(13-22-7-1)14-25-8-2-4-18(15-25)21-23-20-6-5-19(16-27(20)24-21)26-9-11-28-12-10-26/h1,3,5-7,13,16,18H,2,4,8-12,14-15H2/t18-/m0/s1. The molecule has 3 aromatic rings. The maximum absolute atomic E-state index is 5.46. The van der Waals surface area contributed by atoms with E-state index in [1.54, 1.807) is 0 Å². The Morgan fingerprint density at radius 3 is 2.89 bits per heavy atom. The zero-order valence-electron chi connectivity index (χ0n) is 16.1. The Bertz CT molecular complexity index is 921. The van der Waals surface area contributed by atoms with Gasteiger partial charge in [-0.25, -0.2) is 9.50 Å². The maximum Gasteiger partial charge on any atom is 0.156 e. The third-order valence-electron chi connectivity index (χ3n) is 5.71. The molecule has 5 rings (SSSR count). The third kappa shape index (κ3) is 3.72. The average molecular weight is 378 g/mol. The Morgan fingerprint density at radius 1 is 1.11 bits per heavy atom. The van der Waals surface area contributed by atoms with Crippen LogP contribution in [0, 0.1) is 0 Å². The highest BCUT2D eigenvalue weighted by Gasteiger charge is 2.25. The molecule has 3 aromatic heterocycles. The summed E-state index contributed by atoms with van der Waals surface area (Å²) in [4.78, 5) is 13.9. The van der Waals surface area contributed by atoms with Gasteiger partial charge >= 0.3 is 0 Å². The van der Waals surface area contributed by atoms with Crippen LogP contribution in [-0.2, 0) is 11.3 Å². The molecule has 0 amide bonds. The summed E-state index contributed by atoms with van der Waals surface area (Å²) in [5.74, 6) is 1.35. The van der Waals surface area contributed by atoms with E-state index in [-0.39, 0.29) is 0 Å². The summed E-state index contributed by atoms with van der Waals surface area (Å²) in [7, 11) is 0. The molecule has 5 heterocycles. The van der Waals surface area contributed by atoms with Crippen LogP contribution in [0.15, 0.2) is 42.9 Å². The molecule has 0 bridgehead atoms. The first-order valence-electron chi connectivity index (χ1n) is 10.2. The SMILES string of the molecule is c1cncc(CN2CCC[C@H](c3nc4ccc(N5CCOCC5)cn4n3)C2)c1. The summed E-state index contributed by atoms with van der Waals surface area (Å²) >= 11 is 0. The van der Waals surface area contributed by atoms with Gasteiger partial charge in [0.05, 0.1) is 25.1 Å². The minimum Gasteiger partial charge on any atom is -0.378 e. The fraction of sp³-hybridized carbons (Fsp3) is 0.476. The molecule has 0 radical (unpaired) electrons. The van der Waals surface area contributed by atoms with E-state index in [0.717, 1.165) is 63.8 Å². The van der Waals surface area contributed by atoms with Gasteiger partial charge in [-0.2, -0.15) is 5.10 Å². The molecular weight excluding hydrogens is 352 g/mol. The van der Waals surface area contributed by atoms with E-state index in [2.05, 4.69) is 39.2 Å². The minimum atomic E-state index is 0.386. The van der Waals surface area contributed by atoms with Crippen molar-refractivity contribution in [3.05, 3.63) is 54.2 Å². The number of ether oxygens (including phenoxy) is 1. The van der Waals surface area contributed by atoms with Crippen LogP contribution in [0.1, 0.15) is 30.1 Å². The van der Waals surface area contributed by atoms with Crippen molar-refractivity contribution in [3.8, 4) is 0 Å². The number of likely N-dealkylation sites (tertiary alicyclic amines) is 1. The van der Waals surface area contributed by atoms with Crippen molar-refractivity contribution in [1.29, 1.82) is 0 Å². The normalized spacial score (nSPS) is 21.3. The van der Waals surface area contributed by atoms with Gasteiger partial charge in [0.1, 0.15) is 0 Å². The lowest BCUT2D eigenvalue weighted by atomic mass is 9.97. The highest BCUT2D eigenvalue weighted by molar-refractivity contribution is 5.51. The van der Waals surface area contributed by atoms with Crippen molar-refractivity contribution in [2.45, 2.75) is 25.3 Å². The molecule has 0 N–H and O–H groups in total. The Labute approximate surface area is 165 Å². The Morgan fingerprint density at radius 2 is 2.04 bits per heavy atom. The molecule has 0 saturated carbocycles. The summed E-state index contributed by atoms with van der Waals surface area (Å²) in [5.41, 5.74) is 3.38. The van der Waals surface area contributed by atoms with Crippen LogP contribution in [-0.4, -0.2) is 63.9 Å². The van der Waals surface area contributed by atoms with Gasteiger partial charge in [-0.05, 0) is 43.1 Å². The number of hydrogen-bond acceptors (Lipinski definition) is 6. The minimum absolute atomic E-state index is 0.386. The van der Waals surface area contributed by atoms with Crippen LogP contribution in [0.25, 0.3) is 5.65 Å². The summed E-state index contributed by atoms with van der Waals surface area (Å²) in [6.45, 7) is 6.50. The number of hydrogen-bond donors (Lipinski definition) is 0. The molecule has 7 heteroatoms. The quantitative estimate of drug-likeness (QED) is 0.695. The van der Waals surface area contributed by atoms with E-state index < -0.39 is 0 Å². The number of morpholine rings is 1. The Kier molecular flexibility index (Phi) is 4.93. The molecule has 2 saturated heterocycles. The first kappa shape index (κ1) is 17.6. The molecular formula is C21H26N6O. The smallest absolute Gasteiger partial charge is 0.156 e. The van der Waals surface area contributed by atoms with Crippen LogP contribution in [0.3, 0.4) is 0 Å². The second-order valence-electron chi connectivity index (χ2n) is 7.70. The Hall–Kier alpha value is -2.51. The van der Waals surface area contributed by atoms with Crippen molar-refractivity contribution in [2.24, 2.45) is 0 Å². The lowest BCUT2D eigenvalue weighted by Gasteiger charge is -2.31. The number of anilines is 1. The van der Waals surface area contributed by atoms with E-state index in [9.17, 15) is 0 Å². The van der Waals surface area contributed by atoms with E-state index in [1.165, 1.54) is 17.7 Å². The van der Waals surface area contributed by atoms with Crippen LogP contribution >= 0.6 is 0 Å². The molecule has 28 heavy (non-hydrogen) atoms. The van der Waals surface area contributed by atoms with Crippen LogP contribution in [0.5, 0.6) is 0 Å². The fourth-order valence-corrected chi connectivity index (χ4v) is 4.23. The van der Waals surface area contributed by atoms with Crippen LogP contribution in [0.4, 0.5) is 5.69 Å². The van der Waals surface area contributed by atoms with Gasteiger partial charge in [0.2, 0.25) is 0 Å². The van der Waals surface area contributed by atoms with Crippen molar-refractivity contribution in [2.75, 3.05) is 44.3 Å². The number of rotatable bonds is 4. The number of nitrogens with zero attached hydrogens (tertiary/aromatic N) is 6. The third-order valence-corrected chi connectivity index (χ3v) is 5.71. The van der Waals surface area contributed by atoms with Crippen molar-refractivity contribution >= 4 is 11.3 Å². The molecule has 7 nitrogen and oxygen atoms in total. The lowest BCUT2D eigenvalue weighted by molar-refractivity contribution is 0.122. The first-order valence-corrected chi connectivity index (χ1v) is 10.2. The molecule has 2 aliphatic rings.